The van der Waals surface area contributed by atoms with E-state index in [2.05, 4.69) is 20.6 Å². The fourth-order valence-corrected chi connectivity index (χ4v) is 2.42. The molecule has 3 aromatic rings. The van der Waals surface area contributed by atoms with E-state index in [1.165, 1.54) is 24.3 Å². The van der Waals surface area contributed by atoms with E-state index in [0.29, 0.717) is 29.7 Å². The van der Waals surface area contributed by atoms with Crippen molar-refractivity contribution in [2.45, 2.75) is 13.3 Å². The van der Waals surface area contributed by atoms with Crippen molar-refractivity contribution >= 4 is 17.3 Å². The molecule has 0 aliphatic heterocycles. The Hall–Kier alpha value is -3.02. The maximum atomic E-state index is 13.3. The lowest BCUT2D eigenvalue weighted by atomic mass is 10.1. The SMILES string of the molecule is Cc1nc(NCCc2ccc(F)cc2)cc(Nc2cccc(F)c2)n1. The fourth-order valence-electron chi connectivity index (χ4n) is 2.42. The van der Waals surface area contributed by atoms with Crippen molar-refractivity contribution in [2.24, 2.45) is 0 Å². The highest BCUT2D eigenvalue weighted by Gasteiger charge is 2.03. The van der Waals surface area contributed by atoms with E-state index in [9.17, 15) is 8.78 Å². The standard InChI is InChI=1S/C19H18F2N4/c1-13-23-18(22-10-9-14-5-7-15(20)8-6-14)12-19(24-13)25-17-4-2-3-16(21)11-17/h2-8,11-12H,9-10H2,1H3,(H2,22,23,24,25). The summed E-state index contributed by atoms with van der Waals surface area (Å²) < 4.78 is 26.2. The van der Waals surface area contributed by atoms with Crippen molar-refractivity contribution < 1.29 is 8.78 Å². The number of hydrogen-bond acceptors (Lipinski definition) is 4. The maximum absolute atomic E-state index is 13.3. The van der Waals surface area contributed by atoms with E-state index in [1.807, 2.05) is 0 Å². The van der Waals surface area contributed by atoms with Gasteiger partial charge in [-0.25, -0.2) is 18.7 Å². The predicted molar refractivity (Wildman–Crippen MR) is 95.0 cm³/mol. The summed E-state index contributed by atoms with van der Waals surface area (Å²) in [5.41, 5.74) is 1.66. The van der Waals surface area contributed by atoms with Gasteiger partial charge < -0.3 is 10.6 Å². The highest BCUT2D eigenvalue weighted by Crippen LogP contribution is 2.18. The number of nitrogens with one attached hydrogen (secondary N) is 2. The van der Waals surface area contributed by atoms with Crippen LogP contribution in [0.15, 0.2) is 54.6 Å². The van der Waals surface area contributed by atoms with E-state index < -0.39 is 0 Å². The van der Waals surface area contributed by atoms with Crippen molar-refractivity contribution in [3.05, 3.63) is 77.6 Å². The molecule has 0 fully saturated rings. The Labute approximate surface area is 145 Å². The van der Waals surface area contributed by atoms with Gasteiger partial charge in [0.1, 0.15) is 29.1 Å². The number of nitrogens with zero attached hydrogens (tertiary/aromatic N) is 2. The summed E-state index contributed by atoms with van der Waals surface area (Å²) in [4.78, 5) is 8.65. The average molecular weight is 340 g/mol. The zero-order valence-corrected chi connectivity index (χ0v) is 13.8. The van der Waals surface area contributed by atoms with E-state index in [1.54, 1.807) is 37.3 Å². The third kappa shape index (κ3) is 4.97. The Kier molecular flexibility index (Phi) is 5.18. The quantitative estimate of drug-likeness (QED) is 0.695. The van der Waals surface area contributed by atoms with Gasteiger partial charge in [0.2, 0.25) is 0 Å². The molecule has 2 aromatic carbocycles. The summed E-state index contributed by atoms with van der Waals surface area (Å²) in [6, 6.07) is 14.4. The Morgan fingerprint density at radius 2 is 1.64 bits per heavy atom. The lowest BCUT2D eigenvalue weighted by molar-refractivity contribution is 0.627. The maximum Gasteiger partial charge on any atom is 0.136 e. The van der Waals surface area contributed by atoms with Crippen LogP contribution in [-0.4, -0.2) is 16.5 Å². The van der Waals surface area contributed by atoms with Crippen LogP contribution < -0.4 is 10.6 Å². The number of anilines is 3. The molecule has 25 heavy (non-hydrogen) atoms. The van der Waals surface area contributed by atoms with Crippen molar-refractivity contribution in [1.82, 2.24) is 9.97 Å². The molecule has 0 radical (unpaired) electrons. The molecule has 3 rings (SSSR count). The second kappa shape index (κ2) is 7.70. The van der Waals surface area contributed by atoms with E-state index in [-0.39, 0.29) is 11.6 Å². The predicted octanol–water partition coefficient (Wildman–Crippen LogP) is 4.46. The molecule has 0 spiro atoms. The van der Waals surface area contributed by atoms with Gasteiger partial charge in [-0.05, 0) is 49.2 Å². The monoisotopic (exact) mass is 340 g/mol. The Morgan fingerprint density at radius 1 is 0.880 bits per heavy atom. The van der Waals surface area contributed by atoms with Gasteiger partial charge in [-0.15, -0.1) is 0 Å². The minimum atomic E-state index is -0.312. The molecular formula is C19H18F2N4. The number of benzene rings is 2. The first-order valence-corrected chi connectivity index (χ1v) is 7.95. The molecule has 2 N–H and O–H groups in total. The van der Waals surface area contributed by atoms with Crippen LogP contribution in [0.3, 0.4) is 0 Å². The Bertz CT molecular complexity index is 850. The molecule has 0 atom stereocenters. The zero-order valence-electron chi connectivity index (χ0n) is 13.8. The van der Waals surface area contributed by atoms with E-state index in [0.717, 1.165) is 12.0 Å². The first-order chi connectivity index (χ1) is 12.1. The summed E-state index contributed by atoms with van der Waals surface area (Å²) in [6.07, 6.45) is 0.746. The first kappa shape index (κ1) is 16.8. The summed E-state index contributed by atoms with van der Waals surface area (Å²) in [5, 5.41) is 6.29. The molecule has 0 unspecified atom stereocenters. The van der Waals surface area contributed by atoms with Crippen molar-refractivity contribution in [3.63, 3.8) is 0 Å². The second-order valence-electron chi connectivity index (χ2n) is 5.62. The van der Waals surface area contributed by atoms with Crippen LogP contribution >= 0.6 is 0 Å². The van der Waals surface area contributed by atoms with Gasteiger partial charge in [0.15, 0.2) is 0 Å². The smallest absolute Gasteiger partial charge is 0.136 e. The molecule has 6 heteroatoms. The van der Waals surface area contributed by atoms with Gasteiger partial charge in [0, 0.05) is 18.3 Å². The van der Waals surface area contributed by atoms with Gasteiger partial charge in [-0.1, -0.05) is 18.2 Å². The normalized spacial score (nSPS) is 10.5. The number of halogens is 2. The minimum Gasteiger partial charge on any atom is -0.370 e. The number of aryl methyl sites for hydroxylation is 1. The Balaban J connectivity index is 1.63. The Morgan fingerprint density at radius 3 is 2.40 bits per heavy atom. The average Bonchev–Trinajstić information content (AvgIpc) is 2.56. The summed E-state index contributed by atoms with van der Waals surface area (Å²) in [7, 11) is 0. The summed E-state index contributed by atoms with van der Waals surface area (Å²) in [6.45, 7) is 2.45. The second-order valence-corrected chi connectivity index (χ2v) is 5.62. The third-order valence-electron chi connectivity index (χ3n) is 3.57. The highest BCUT2D eigenvalue weighted by atomic mass is 19.1. The lowest BCUT2D eigenvalue weighted by Crippen LogP contribution is -2.08. The van der Waals surface area contributed by atoms with Gasteiger partial charge >= 0.3 is 0 Å². The third-order valence-corrected chi connectivity index (χ3v) is 3.57. The van der Waals surface area contributed by atoms with Crippen LogP contribution in [0.25, 0.3) is 0 Å². The molecule has 0 amide bonds. The molecular weight excluding hydrogens is 322 g/mol. The largest absolute Gasteiger partial charge is 0.370 e. The summed E-state index contributed by atoms with van der Waals surface area (Å²) >= 11 is 0. The topological polar surface area (TPSA) is 49.8 Å². The molecule has 0 aliphatic carbocycles. The van der Waals surface area contributed by atoms with Gasteiger partial charge in [-0.3, -0.25) is 0 Å². The van der Waals surface area contributed by atoms with Gasteiger partial charge in [0.25, 0.3) is 0 Å². The van der Waals surface area contributed by atoms with Crippen LogP contribution in [-0.2, 0) is 6.42 Å². The molecule has 0 saturated carbocycles. The zero-order chi connectivity index (χ0) is 17.6. The minimum absolute atomic E-state index is 0.240. The molecule has 1 heterocycles. The molecule has 0 aliphatic rings. The number of hydrogen-bond donors (Lipinski definition) is 2. The van der Waals surface area contributed by atoms with Gasteiger partial charge in [0.05, 0.1) is 0 Å². The highest BCUT2D eigenvalue weighted by molar-refractivity contribution is 5.59. The number of rotatable bonds is 6. The lowest BCUT2D eigenvalue weighted by Gasteiger charge is -2.10. The molecule has 0 bridgehead atoms. The van der Waals surface area contributed by atoms with Crippen molar-refractivity contribution in [3.8, 4) is 0 Å². The first-order valence-electron chi connectivity index (χ1n) is 7.95. The van der Waals surface area contributed by atoms with Crippen molar-refractivity contribution in [1.29, 1.82) is 0 Å². The van der Waals surface area contributed by atoms with Crippen LogP contribution in [0, 0.1) is 18.6 Å². The molecule has 128 valence electrons. The van der Waals surface area contributed by atoms with E-state index in [4.69, 9.17) is 0 Å². The van der Waals surface area contributed by atoms with Crippen LogP contribution in [0.5, 0.6) is 0 Å². The number of aromatic nitrogens is 2. The summed E-state index contributed by atoms with van der Waals surface area (Å²) in [5.74, 6) is 1.31. The fraction of sp³-hybridized carbons (Fsp3) is 0.158. The van der Waals surface area contributed by atoms with Crippen LogP contribution in [0.1, 0.15) is 11.4 Å². The van der Waals surface area contributed by atoms with Crippen molar-refractivity contribution in [2.75, 3.05) is 17.2 Å². The van der Waals surface area contributed by atoms with Crippen LogP contribution in [0.4, 0.5) is 26.1 Å². The molecule has 0 saturated heterocycles. The molecule has 1 aromatic heterocycles. The van der Waals surface area contributed by atoms with E-state index >= 15 is 0 Å². The van der Waals surface area contributed by atoms with Crippen LogP contribution in [0.2, 0.25) is 0 Å². The molecule has 4 nitrogen and oxygen atoms in total. The van der Waals surface area contributed by atoms with Gasteiger partial charge in [-0.2, -0.15) is 0 Å².